The number of ketones is 1. The number of amides is 1. The van der Waals surface area contributed by atoms with E-state index in [0.29, 0.717) is 16.8 Å². The molecule has 0 saturated carbocycles. The number of anilines is 1. The molecule has 1 aliphatic carbocycles. The topological polar surface area (TPSA) is 72.5 Å². The van der Waals surface area contributed by atoms with Gasteiger partial charge in [0.2, 0.25) is 0 Å². The van der Waals surface area contributed by atoms with Crippen LogP contribution in [-0.2, 0) is 17.6 Å². The molecular formula is C26H23NO4. The molecule has 0 bridgehead atoms. The fraction of sp³-hybridized carbons (Fsp3) is 0.192. The van der Waals surface area contributed by atoms with Crippen molar-refractivity contribution in [2.75, 3.05) is 11.9 Å². The van der Waals surface area contributed by atoms with Crippen molar-refractivity contribution in [2.45, 2.75) is 25.7 Å². The van der Waals surface area contributed by atoms with Crippen molar-refractivity contribution in [3.8, 4) is 0 Å². The summed E-state index contributed by atoms with van der Waals surface area (Å²) >= 11 is 0. The molecule has 1 aliphatic rings. The summed E-state index contributed by atoms with van der Waals surface area (Å²) in [4.78, 5) is 37.6. The predicted octanol–water partition coefficient (Wildman–Crippen LogP) is 4.86. The molecule has 1 N–H and O–H groups in total. The summed E-state index contributed by atoms with van der Waals surface area (Å²) in [5.74, 6) is -1.23. The van der Waals surface area contributed by atoms with Crippen molar-refractivity contribution in [3.05, 3.63) is 101 Å². The number of ether oxygens (including phenoxy) is 1. The number of rotatable bonds is 6. The van der Waals surface area contributed by atoms with Gasteiger partial charge in [-0.1, -0.05) is 42.5 Å². The van der Waals surface area contributed by atoms with Gasteiger partial charge in [0.1, 0.15) is 0 Å². The second kappa shape index (κ2) is 9.39. The minimum Gasteiger partial charge on any atom is -0.454 e. The van der Waals surface area contributed by atoms with Crippen LogP contribution < -0.4 is 5.32 Å². The third kappa shape index (κ3) is 4.89. The molecule has 0 radical (unpaired) electrons. The SMILES string of the molecule is O=C(COC(=O)c1ccccc1NC(=O)c1ccccc1)c1ccc2c(c1)CCCC2. The standard InChI is InChI=1S/C26H23NO4/c28-24(21-15-14-18-8-4-5-11-20(18)16-21)17-31-26(30)22-12-6-7-13-23(22)27-25(29)19-9-2-1-3-10-19/h1-3,6-7,9-10,12-16H,4-5,8,11,17H2,(H,27,29). The van der Waals surface area contributed by atoms with Crippen LogP contribution in [-0.4, -0.2) is 24.3 Å². The van der Waals surface area contributed by atoms with Gasteiger partial charge >= 0.3 is 5.97 Å². The van der Waals surface area contributed by atoms with Gasteiger partial charge < -0.3 is 10.1 Å². The highest BCUT2D eigenvalue weighted by Gasteiger charge is 2.18. The number of carbonyl (C=O) groups excluding carboxylic acids is 3. The Morgan fingerprint density at radius 3 is 2.29 bits per heavy atom. The average Bonchev–Trinajstić information content (AvgIpc) is 2.83. The fourth-order valence-electron chi connectivity index (χ4n) is 3.75. The lowest BCUT2D eigenvalue weighted by atomic mass is 9.90. The monoisotopic (exact) mass is 413 g/mol. The Labute approximate surface area is 181 Å². The van der Waals surface area contributed by atoms with E-state index in [4.69, 9.17) is 4.74 Å². The first-order chi connectivity index (χ1) is 15.1. The molecule has 0 saturated heterocycles. The third-order valence-electron chi connectivity index (χ3n) is 5.44. The molecule has 5 heteroatoms. The van der Waals surface area contributed by atoms with Crippen LogP contribution in [0.3, 0.4) is 0 Å². The Bertz CT molecular complexity index is 1120. The highest BCUT2D eigenvalue weighted by atomic mass is 16.5. The highest BCUT2D eigenvalue weighted by molar-refractivity contribution is 6.08. The lowest BCUT2D eigenvalue weighted by Crippen LogP contribution is -2.18. The molecule has 0 atom stereocenters. The molecule has 0 unspecified atom stereocenters. The van der Waals surface area contributed by atoms with Crippen LogP contribution in [0.15, 0.2) is 72.8 Å². The van der Waals surface area contributed by atoms with Crippen molar-refractivity contribution < 1.29 is 19.1 Å². The number of benzene rings is 3. The summed E-state index contributed by atoms with van der Waals surface area (Å²) in [7, 11) is 0. The largest absolute Gasteiger partial charge is 0.454 e. The number of fused-ring (bicyclic) bond motifs is 1. The Hall–Kier alpha value is -3.73. The van der Waals surface area contributed by atoms with Crippen molar-refractivity contribution in [1.29, 1.82) is 0 Å². The molecule has 0 heterocycles. The number of para-hydroxylation sites is 1. The zero-order valence-electron chi connectivity index (χ0n) is 17.1. The Morgan fingerprint density at radius 1 is 0.774 bits per heavy atom. The Morgan fingerprint density at radius 2 is 1.48 bits per heavy atom. The van der Waals surface area contributed by atoms with Gasteiger partial charge in [0.05, 0.1) is 11.3 Å². The number of carbonyl (C=O) groups is 3. The molecular weight excluding hydrogens is 390 g/mol. The van der Waals surface area contributed by atoms with Crippen molar-refractivity contribution in [1.82, 2.24) is 0 Å². The molecule has 1 amide bonds. The normalized spacial score (nSPS) is 12.5. The summed E-state index contributed by atoms with van der Waals surface area (Å²) in [5, 5.41) is 2.74. The summed E-state index contributed by atoms with van der Waals surface area (Å²) in [6, 6.07) is 21.0. The number of esters is 1. The second-order valence-corrected chi connectivity index (χ2v) is 7.56. The molecule has 156 valence electrons. The first-order valence-corrected chi connectivity index (χ1v) is 10.4. The summed E-state index contributed by atoms with van der Waals surface area (Å²) in [6.45, 7) is -0.349. The van der Waals surface area contributed by atoms with Crippen LogP contribution in [0.5, 0.6) is 0 Å². The van der Waals surface area contributed by atoms with Crippen molar-refractivity contribution in [3.63, 3.8) is 0 Å². The second-order valence-electron chi connectivity index (χ2n) is 7.56. The van der Waals surface area contributed by atoms with Crippen LogP contribution in [0, 0.1) is 0 Å². The zero-order valence-corrected chi connectivity index (χ0v) is 17.1. The fourth-order valence-corrected chi connectivity index (χ4v) is 3.75. The molecule has 5 nitrogen and oxygen atoms in total. The lowest BCUT2D eigenvalue weighted by molar-refractivity contribution is 0.0475. The molecule has 3 aromatic carbocycles. The van der Waals surface area contributed by atoms with Gasteiger partial charge in [-0.3, -0.25) is 9.59 Å². The number of nitrogens with one attached hydrogen (secondary N) is 1. The van der Waals surface area contributed by atoms with E-state index < -0.39 is 5.97 Å². The molecule has 31 heavy (non-hydrogen) atoms. The minimum absolute atomic E-state index is 0.199. The van der Waals surface area contributed by atoms with Crippen LogP contribution in [0.25, 0.3) is 0 Å². The first kappa shape index (κ1) is 20.5. The third-order valence-corrected chi connectivity index (χ3v) is 5.44. The number of aryl methyl sites for hydroxylation is 2. The van der Waals surface area contributed by atoms with Crippen LogP contribution in [0.1, 0.15) is 55.0 Å². The van der Waals surface area contributed by atoms with Crippen LogP contribution in [0.4, 0.5) is 5.69 Å². The maximum Gasteiger partial charge on any atom is 0.340 e. The Balaban J connectivity index is 1.42. The molecule has 0 aromatic heterocycles. The molecule has 0 fully saturated rings. The van der Waals surface area contributed by atoms with E-state index in [2.05, 4.69) is 5.32 Å². The zero-order chi connectivity index (χ0) is 21.6. The highest BCUT2D eigenvalue weighted by Crippen LogP contribution is 2.23. The molecule has 3 aromatic rings. The number of hydrogen-bond acceptors (Lipinski definition) is 4. The number of Topliss-reactive ketones (excluding diaryl/α,β-unsaturated/α-hetero) is 1. The predicted molar refractivity (Wildman–Crippen MR) is 119 cm³/mol. The van der Waals surface area contributed by atoms with Gasteiger partial charge in [-0.15, -0.1) is 0 Å². The van der Waals surface area contributed by atoms with Crippen molar-refractivity contribution >= 4 is 23.3 Å². The van der Waals surface area contributed by atoms with Gasteiger partial charge in [-0.2, -0.15) is 0 Å². The molecule has 4 rings (SSSR count). The smallest absolute Gasteiger partial charge is 0.340 e. The average molecular weight is 413 g/mol. The molecule has 0 aliphatic heterocycles. The quantitative estimate of drug-likeness (QED) is 0.463. The maximum atomic E-state index is 12.6. The van der Waals surface area contributed by atoms with E-state index in [9.17, 15) is 14.4 Å². The van der Waals surface area contributed by atoms with E-state index in [1.807, 2.05) is 18.2 Å². The van der Waals surface area contributed by atoms with Crippen molar-refractivity contribution in [2.24, 2.45) is 0 Å². The van der Waals surface area contributed by atoms with Gasteiger partial charge in [-0.25, -0.2) is 4.79 Å². The summed E-state index contributed by atoms with van der Waals surface area (Å²) in [5.41, 5.74) is 4.07. The minimum atomic E-state index is -0.657. The first-order valence-electron chi connectivity index (χ1n) is 10.4. The van der Waals surface area contributed by atoms with Crippen LogP contribution in [0.2, 0.25) is 0 Å². The van der Waals surface area contributed by atoms with Gasteiger partial charge in [-0.05, 0) is 67.1 Å². The van der Waals surface area contributed by atoms with E-state index >= 15 is 0 Å². The van der Waals surface area contributed by atoms with Gasteiger partial charge in [0.25, 0.3) is 5.91 Å². The number of hydrogen-bond donors (Lipinski definition) is 1. The maximum absolute atomic E-state index is 12.6. The summed E-state index contributed by atoms with van der Waals surface area (Å²) < 4.78 is 5.28. The molecule has 0 spiro atoms. The summed E-state index contributed by atoms with van der Waals surface area (Å²) in [6.07, 6.45) is 4.33. The lowest BCUT2D eigenvalue weighted by Gasteiger charge is -2.16. The van der Waals surface area contributed by atoms with Crippen LogP contribution >= 0.6 is 0 Å². The Kier molecular flexibility index (Phi) is 6.22. The van der Waals surface area contributed by atoms with E-state index in [-0.39, 0.29) is 23.9 Å². The van der Waals surface area contributed by atoms with E-state index in [0.717, 1.165) is 19.3 Å². The van der Waals surface area contributed by atoms with E-state index in [1.54, 1.807) is 54.6 Å². The van der Waals surface area contributed by atoms with E-state index in [1.165, 1.54) is 17.5 Å². The van der Waals surface area contributed by atoms with Gasteiger partial charge in [0, 0.05) is 11.1 Å². The van der Waals surface area contributed by atoms with Gasteiger partial charge in [0.15, 0.2) is 12.4 Å².